The quantitative estimate of drug-likeness (QED) is 0.763. The molecule has 24 heavy (non-hydrogen) atoms. The molecule has 134 valence electrons. The number of amides is 2. The van der Waals surface area contributed by atoms with Crippen LogP contribution in [0.3, 0.4) is 0 Å². The van der Waals surface area contributed by atoms with Crippen molar-refractivity contribution in [1.82, 2.24) is 4.90 Å². The minimum absolute atomic E-state index is 0.109. The van der Waals surface area contributed by atoms with Gasteiger partial charge >= 0.3 is 18.0 Å². The van der Waals surface area contributed by atoms with Gasteiger partial charge in [-0.2, -0.15) is 13.2 Å². The fourth-order valence-corrected chi connectivity index (χ4v) is 2.29. The molecule has 0 bridgehead atoms. The van der Waals surface area contributed by atoms with Crippen LogP contribution in [0, 0.1) is 0 Å². The van der Waals surface area contributed by atoms with Crippen molar-refractivity contribution in [3.05, 3.63) is 28.8 Å². The summed E-state index contributed by atoms with van der Waals surface area (Å²) in [4.78, 5) is 25.6. The van der Waals surface area contributed by atoms with Crippen molar-refractivity contribution in [1.29, 1.82) is 0 Å². The van der Waals surface area contributed by atoms with E-state index in [1.54, 1.807) is 0 Å². The molecular weight excluding hydrogens is 345 g/mol. The molecule has 0 atom stereocenters. The average molecular weight is 365 g/mol. The summed E-state index contributed by atoms with van der Waals surface area (Å²) < 4.78 is 39.1. The van der Waals surface area contributed by atoms with Crippen LogP contribution in [0.5, 0.6) is 0 Å². The predicted octanol–water partition coefficient (Wildman–Crippen LogP) is 4.34. The highest BCUT2D eigenvalue weighted by Gasteiger charge is 2.35. The number of alkyl halides is 3. The summed E-state index contributed by atoms with van der Waals surface area (Å²) in [5, 5.41) is 1.94. The third-order valence-corrected chi connectivity index (χ3v) is 3.53. The van der Waals surface area contributed by atoms with Gasteiger partial charge in [0, 0.05) is 18.1 Å². The summed E-state index contributed by atoms with van der Waals surface area (Å²) in [6.45, 7) is 4.56. The van der Waals surface area contributed by atoms with Gasteiger partial charge in [0.05, 0.1) is 11.3 Å². The standard InChI is InChI=1S/C16H20ClF3N2O2/c1-3-5-9-22(8-4-2)15(24)14(23)21-13-7-6-11(17)10-12(13)16(18,19)20/h6-7,10H,3-5,8-9H2,1-2H3,(H,21,23). The Morgan fingerprint density at radius 3 is 2.38 bits per heavy atom. The second-order valence-corrected chi connectivity index (χ2v) is 5.72. The zero-order valence-electron chi connectivity index (χ0n) is 13.5. The number of halogens is 4. The molecule has 0 unspecified atom stereocenters. The SMILES string of the molecule is CCCCN(CCC)C(=O)C(=O)Nc1ccc(Cl)cc1C(F)(F)F. The Balaban J connectivity index is 2.95. The van der Waals surface area contributed by atoms with Crippen LogP contribution in [0.4, 0.5) is 18.9 Å². The van der Waals surface area contributed by atoms with E-state index >= 15 is 0 Å². The first-order valence-electron chi connectivity index (χ1n) is 7.67. The molecule has 1 N–H and O–H groups in total. The molecule has 0 saturated carbocycles. The maximum absolute atomic E-state index is 13.0. The fraction of sp³-hybridized carbons (Fsp3) is 0.500. The van der Waals surface area contributed by atoms with Gasteiger partial charge in [0.1, 0.15) is 0 Å². The first kappa shape index (κ1) is 20.3. The first-order valence-corrected chi connectivity index (χ1v) is 8.05. The number of nitrogens with zero attached hydrogens (tertiary/aromatic N) is 1. The number of benzene rings is 1. The average Bonchev–Trinajstić information content (AvgIpc) is 2.51. The second-order valence-electron chi connectivity index (χ2n) is 5.29. The summed E-state index contributed by atoms with van der Waals surface area (Å²) in [5.74, 6) is -1.93. The van der Waals surface area contributed by atoms with Crippen LogP contribution in [0.15, 0.2) is 18.2 Å². The molecule has 0 saturated heterocycles. The number of rotatable bonds is 6. The normalized spacial score (nSPS) is 11.2. The Morgan fingerprint density at radius 2 is 1.83 bits per heavy atom. The Kier molecular flexibility index (Phi) is 7.54. The molecule has 1 rings (SSSR count). The lowest BCUT2D eigenvalue weighted by molar-refractivity contribution is -0.143. The highest BCUT2D eigenvalue weighted by molar-refractivity contribution is 6.39. The zero-order chi connectivity index (χ0) is 18.3. The van der Waals surface area contributed by atoms with Gasteiger partial charge in [-0.25, -0.2) is 0 Å². The molecule has 1 aromatic rings. The van der Waals surface area contributed by atoms with E-state index in [0.717, 1.165) is 12.5 Å². The van der Waals surface area contributed by atoms with Crippen molar-refractivity contribution in [2.45, 2.75) is 39.3 Å². The lowest BCUT2D eigenvalue weighted by Gasteiger charge is -2.21. The molecule has 4 nitrogen and oxygen atoms in total. The summed E-state index contributed by atoms with van der Waals surface area (Å²) in [7, 11) is 0. The third-order valence-electron chi connectivity index (χ3n) is 3.29. The Bertz CT molecular complexity index is 591. The molecular formula is C16H20ClF3N2O2. The maximum Gasteiger partial charge on any atom is 0.418 e. The van der Waals surface area contributed by atoms with Gasteiger partial charge in [0.2, 0.25) is 0 Å². The smallest absolute Gasteiger partial charge is 0.334 e. The number of nitrogens with one attached hydrogen (secondary N) is 1. The Morgan fingerprint density at radius 1 is 1.17 bits per heavy atom. The van der Waals surface area contributed by atoms with Crippen LogP contribution in [0.1, 0.15) is 38.7 Å². The van der Waals surface area contributed by atoms with Crippen molar-refractivity contribution in [2.24, 2.45) is 0 Å². The number of unbranched alkanes of at least 4 members (excludes halogenated alkanes) is 1. The topological polar surface area (TPSA) is 49.4 Å². The molecule has 0 fully saturated rings. The van der Waals surface area contributed by atoms with Crippen LogP contribution in [-0.4, -0.2) is 29.8 Å². The maximum atomic E-state index is 13.0. The molecule has 1 aromatic carbocycles. The Hall–Kier alpha value is -1.76. The minimum Gasteiger partial charge on any atom is -0.334 e. The van der Waals surface area contributed by atoms with Gasteiger partial charge in [-0.15, -0.1) is 0 Å². The summed E-state index contributed by atoms with van der Waals surface area (Å²) in [6, 6.07) is 2.97. The third kappa shape index (κ3) is 5.70. The minimum atomic E-state index is -4.69. The van der Waals surface area contributed by atoms with E-state index in [-0.39, 0.29) is 5.02 Å². The zero-order valence-corrected chi connectivity index (χ0v) is 14.3. The largest absolute Gasteiger partial charge is 0.418 e. The van der Waals surface area contributed by atoms with Gasteiger partial charge < -0.3 is 10.2 Å². The monoisotopic (exact) mass is 364 g/mol. The van der Waals surface area contributed by atoms with Crippen molar-refractivity contribution in [3.8, 4) is 0 Å². The second kappa shape index (κ2) is 8.92. The molecule has 8 heteroatoms. The van der Waals surface area contributed by atoms with Crippen LogP contribution in [0.25, 0.3) is 0 Å². The molecule has 0 spiro atoms. The predicted molar refractivity (Wildman–Crippen MR) is 86.9 cm³/mol. The Labute approximate surface area is 144 Å². The molecule has 0 radical (unpaired) electrons. The number of hydrogen-bond donors (Lipinski definition) is 1. The van der Waals surface area contributed by atoms with E-state index in [1.165, 1.54) is 11.0 Å². The van der Waals surface area contributed by atoms with Gasteiger partial charge in [0.15, 0.2) is 0 Å². The van der Waals surface area contributed by atoms with Crippen molar-refractivity contribution < 1.29 is 22.8 Å². The van der Waals surface area contributed by atoms with Crippen LogP contribution >= 0.6 is 11.6 Å². The van der Waals surface area contributed by atoms with E-state index in [9.17, 15) is 22.8 Å². The van der Waals surface area contributed by atoms with Crippen LogP contribution in [-0.2, 0) is 15.8 Å². The highest BCUT2D eigenvalue weighted by Crippen LogP contribution is 2.36. The first-order chi connectivity index (χ1) is 11.2. The molecule has 0 heterocycles. The van der Waals surface area contributed by atoms with Crippen LogP contribution < -0.4 is 5.32 Å². The van der Waals surface area contributed by atoms with E-state index in [1.807, 2.05) is 13.8 Å². The van der Waals surface area contributed by atoms with Crippen LogP contribution in [0.2, 0.25) is 5.02 Å². The summed E-state index contributed by atoms with van der Waals surface area (Å²) >= 11 is 5.58. The number of anilines is 1. The number of carbonyl (C=O) groups is 2. The van der Waals surface area contributed by atoms with Gasteiger partial charge in [-0.05, 0) is 31.0 Å². The summed E-state index contributed by atoms with van der Waals surface area (Å²) in [5.41, 5.74) is -1.58. The number of hydrogen-bond acceptors (Lipinski definition) is 2. The summed E-state index contributed by atoms with van der Waals surface area (Å²) in [6.07, 6.45) is -2.49. The van der Waals surface area contributed by atoms with Gasteiger partial charge in [0.25, 0.3) is 0 Å². The van der Waals surface area contributed by atoms with E-state index in [4.69, 9.17) is 11.6 Å². The molecule has 2 amide bonds. The fourth-order valence-electron chi connectivity index (χ4n) is 2.11. The molecule has 0 aromatic heterocycles. The molecule has 0 aliphatic carbocycles. The number of carbonyl (C=O) groups excluding carboxylic acids is 2. The van der Waals surface area contributed by atoms with Gasteiger partial charge in [-0.3, -0.25) is 9.59 Å². The van der Waals surface area contributed by atoms with E-state index < -0.39 is 29.2 Å². The van der Waals surface area contributed by atoms with Crippen molar-refractivity contribution in [2.75, 3.05) is 18.4 Å². The highest BCUT2D eigenvalue weighted by atomic mass is 35.5. The van der Waals surface area contributed by atoms with Crippen molar-refractivity contribution >= 4 is 29.1 Å². The lowest BCUT2D eigenvalue weighted by atomic mass is 10.1. The molecule has 0 aliphatic heterocycles. The van der Waals surface area contributed by atoms with E-state index in [0.29, 0.717) is 32.0 Å². The lowest BCUT2D eigenvalue weighted by Crippen LogP contribution is -2.41. The molecule has 0 aliphatic rings. The van der Waals surface area contributed by atoms with Crippen molar-refractivity contribution in [3.63, 3.8) is 0 Å². The van der Waals surface area contributed by atoms with Gasteiger partial charge in [-0.1, -0.05) is 31.9 Å². The van der Waals surface area contributed by atoms with E-state index in [2.05, 4.69) is 5.32 Å².